The Labute approximate surface area is 325 Å². The van der Waals surface area contributed by atoms with Gasteiger partial charge in [0, 0.05) is 39.8 Å². The topological polar surface area (TPSA) is 129 Å². The fourth-order valence-corrected chi connectivity index (χ4v) is 9.13. The maximum atomic E-state index is 14.5. The third kappa shape index (κ3) is 7.65. The average molecular weight is 782 g/mol. The van der Waals surface area contributed by atoms with Gasteiger partial charge in [-0.1, -0.05) is 56.5 Å². The summed E-state index contributed by atoms with van der Waals surface area (Å²) in [6.45, 7) is 3.69. The highest BCUT2D eigenvalue weighted by Gasteiger charge is 2.60. The molecule has 6 rings (SSSR count). The number of hydrogen-bond acceptors (Lipinski definition) is 9. The van der Waals surface area contributed by atoms with Gasteiger partial charge in [-0.25, -0.2) is 0 Å². The van der Waals surface area contributed by atoms with Gasteiger partial charge in [-0.3, -0.25) is 0 Å². The Morgan fingerprint density at radius 2 is 1.55 bits per heavy atom. The lowest BCUT2D eigenvalue weighted by atomic mass is 9.92. The standard InChI is InChI=1S/C42H38F3N5O3S2/c1-3-4-5-6-7-27-8-12-31(13-9-27)50-35-22-32(16-17-34-33(26-48)38(29(24-46)25-47)53-41(34,2)42(43,44)45)54-39(35)40-36(50)23-37(55-40)28-10-14-30(15-11-28)49(18-20-51)19-21-52/h8-17,22-23,51-52H,3-7,18-21H2,1-2H3/b17-16+. The molecular formula is C42H38F3N5O3S2. The summed E-state index contributed by atoms with van der Waals surface area (Å²) in [5.74, 6) is -0.682. The third-order valence-electron chi connectivity index (χ3n) is 9.74. The van der Waals surface area contributed by atoms with Crippen LogP contribution in [-0.4, -0.2) is 52.9 Å². The summed E-state index contributed by atoms with van der Waals surface area (Å²) in [5, 5.41) is 47.7. The second-order valence-electron chi connectivity index (χ2n) is 13.3. The summed E-state index contributed by atoms with van der Waals surface area (Å²) >= 11 is 3.01. The number of aromatic nitrogens is 1. The molecule has 1 aliphatic heterocycles. The van der Waals surface area contributed by atoms with Crippen molar-refractivity contribution in [1.82, 2.24) is 4.57 Å². The van der Waals surface area contributed by atoms with Crippen molar-refractivity contribution in [3.8, 4) is 34.3 Å². The molecule has 282 valence electrons. The van der Waals surface area contributed by atoms with Crippen molar-refractivity contribution >= 4 is 54.9 Å². The minimum Gasteiger partial charge on any atom is -0.470 e. The number of aryl methyl sites for hydroxylation is 1. The molecule has 2 N–H and O–H groups in total. The second-order valence-corrected chi connectivity index (χ2v) is 15.4. The van der Waals surface area contributed by atoms with Gasteiger partial charge in [0.2, 0.25) is 5.60 Å². The third-order valence-corrected chi connectivity index (χ3v) is 12.2. The van der Waals surface area contributed by atoms with E-state index in [-0.39, 0.29) is 13.2 Å². The van der Waals surface area contributed by atoms with Crippen LogP contribution in [0.3, 0.4) is 0 Å². The molecule has 0 fully saturated rings. The molecule has 0 aliphatic carbocycles. The first kappa shape index (κ1) is 39.3. The van der Waals surface area contributed by atoms with E-state index in [0.29, 0.717) is 18.0 Å². The van der Waals surface area contributed by atoms with Crippen LogP contribution in [0.25, 0.3) is 42.6 Å². The zero-order chi connectivity index (χ0) is 39.3. The number of fused-ring (bicyclic) bond motifs is 3. The number of allylic oxidation sites excluding steroid dienone is 2. The number of aliphatic hydroxyl groups excluding tert-OH is 2. The summed E-state index contributed by atoms with van der Waals surface area (Å²) < 4.78 is 52.8. The number of hydrogen-bond donors (Lipinski definition) is 2. The van der Waals surface area contributed by atoms with Crippen LogP contribution in [-0.2, 0) is 11.2 Å². The van der Waals surface area contributed by atoms with Crippen molar-refractivity contribution < 1.29 is 28.1 Å². The highest BCUT2D eigenvalue weighted by Crippen LogP contribution is 2.50. The Hall–Kier alpha value is -5.36. The molecule has 3 aromatic heterocycles. The Balaban J connectivity index is 1.46. The van der Waals surface area contributed by atoms with Crippen molar-refractivity contribution in [3.63, 3.8) is 0 Å². The molecule has 0 saturated heterocycles. The molecule has 0 bridgehead atoms. The Bertz CT molecular complexity index is 2390. The molecule has 0 saturated carbocycles. The second kappa shape index (κ2) is 16.6. The van der Waals surface area contributed by atoms with Crippen molar-refractivity contribution in [2.75, 3.05) is 31.2 Å². The fourth-order valence-electron chi connectivity index (χ4n) is 6.79. The number of halogens is 3. The molecule has 0 radical (unpaired) electrons. The van der Waals surface area contributed by atoms with Crippen molar-refractivity contribution in [2.45, 2.75) is 57.7 Å². The predicted octanol–water partition coefficient (Wildman–Crippen LogP) is 9.97. The van der Waals surface area contributed by atoms with Gasteiger partial charge < -0.3 is 24.4 Å². The minimum absolute atomic E-state index is 0.0384. The zero-order valence-electron chi connectivity index (χ0n) is 30.3. The highest BCUT2D eigenvalue weighted by atomic mass is 32.1. The van der Waals surface area contributed by atoms with Crippen LogP contribution in [0.5, 0.6) is 0 Å². The van der Waals surface area contributed by atoms with Crippen molar-refractivity contribution in [2.24, 2.45) is 0 Å². The first-order chi connectivity index (χ1) is 26.5. The Kier molecular flexibility index (Phi) is 11.8. The molecule has 1 aliphatic rings. The van der Waals surface area contributed by atoms with E-state index in [1.165, 1.54) is 48.3 Å². The Morgan fingerprint density at radius 3 is 2.15 bits per heavy atom. The monoisotopic (exact) mass is 781 g/mol. The molecule has 2 aromatic carbocycles. The molecule has 1 atom stereocenters. The van der Waals surface area contributed by atoms with Gasteiger partial charge in [-0.05, 0) is 73.4 Å². The van der Waals surface area contributed by atoms with Crippen LogP contribution < -0.4 is 4.90 Å². The van der Waals surface area contributed by atoms with Crippen LogP contribution in [0.2, 0.25) is 0 Å². The van der Waals surface area contributed by atoms with Gasteiger partial charge in [0.25, 0.3) is 0 Å². The first-order valence-electron chi connectivity index (χ1n) is 17.9. The largest absolute Gasteiger partial charge is 0.470 e. The summed E-state index contributed by atoms with van der Waals surface area (Å²) in [5.41, 5.74) is 1.24. The highest BCUT2D eigenvalue weighted by molar-refractivity contribution is 7.29. The quantitative estimate of drug-likeness (QED) is 0.0848. The van der Waals surface area contributed by atoms with E-state index in [2.05, 4.69) is 41.8 Å². The van der Waals surface area contributed by atoms with Gasteiger partial charge in [0.15, 0.2) is 11.3 Å². The summed E-state index contributed by atoms with van der Waals surface area (Å²) in [4.78, 5) is 3.56. The predicted molar refractivity (Wildman–Crippen MR) is 212 cm³/mol. The molecule has 1 unspecified atom stereocenters. The van der Waals surface area contributed by atoms with Crippen LogP contribution in [0.1, 0.15) is 50.0 Å². The maximum Gasteiger partial charge on any atom is 0.432 e. The minimum atomic E-state index is -4.96. The van der Waals surface area contributed by atoms with Gasteiger partial charge in [-0.2, -0.15) is 29.0 Å². The van der Waals surface area contributed by atoms with E-state index in [0.717, 1.165) is 62.0 Å². The number of thiophene rings is 2. The van der Waals surface area contributed by atoms with Crippen molar-refractivity contribution in [1.29, 1.82) is 15.8 Å². The van der Waals surface area contributed by atoms with Gasteiger partial charge >= 0.3 is 6.18 Å². The number of anilines is 1. The SMILES string of the molecule is CCCCCCc1ccc(-n2c3cc(/C=C/C4=C(C#N)C(=C(C#N)C#N)OC4(C)C(F)(F)F)sc3c3sc(-c4ccc(N(CCO)CCO)cc4)cc32)cc1. The number of alkyl halides is 3. The number of unbranched alkanes of at least 4 members (excludes halogenated alkanes) is 3. The lowest BCUT2D eigenvalue weighted by Crippen LogP contribution is -2.43. The number of nitrogens with zero attached hydrogens (tertiary/aromatic N) is 5. The summed E-state index contributed by atoms with van der Waals surface area (Å²) in [6.07, 6.45) is 3.40. The van der Waals surface area contributed by atoms with Crippen molar-refractivity contribution in [3.05, 3.63) is 99.7 Å². The fraction of sp³-hybridized carbons (Fsp3) is 0.310. The van der Waals surface area contributed by atoms with E-state index in [1.54, 1.807) is 29.5 Å². The molecule has 0 spiro atoms. The smallest absolute Gasteiger partial charge is 0.432 e. The van der Waals surface area contributed by atoms with Gasteiger partial charge in [0.05, 0.1) is 33.6 Å². The number of ether oxygens (including phenoxy) is 1. The van der Waals surface area contributed by atoms with E-state index in [1.807, 2.05) is 35.2 Å². The number of rotatable bonds is 14. The molecule has 8 nitrogen and oxygen atoms in total. The first-order valence-corrected chi connectivity index (χ1v) is 19.5. The molecule has 0 amide bonds. The molecule has 4 heterocycles. The maximum absolute atomic E-state index is 14.5. The number of aliphatic hydroxyl groups is 2. The zero-order valence-corrected chi connectivity index (χ0v) is 31.9. The summed E-state index contributed by atoms with van der Waals surface area (Å²) in [7, 11) is 0. The van der Waals surface area contributed by atoms with E-state index in [9.17, 15) is 39.2 Å². The van der Waals surface area contributed by atoms with Gasteiger partial charge in [-0.15, -0.1) is 22.7 Å². The van der Waals surface area contributed by atoms with Crippen LogP contribution in [0, 0.1) is 34.0 Å². The lowest BCUT2D eigenvalue weighted by Gasteiger charge is -2.28. The van der Waals surface area contributed by atoms with Crippen LogP contribution in [0.4, 0.5) is 18.9 Å². The lowest BCUT2D eigenvalue weighted by molar-refractivity contribution is -0.236. The normalized spacial score (nSPS) is 15.8. The number of nitriles is 3. The molecule has 13 heteroatoms. The van der Waals surface area contributed by atoms with Crippen LogP contribution >= 0.6 is 22.7 Å². The van der Waals surface area contributed by atoms with Crippen LogP contribution in [0.15, 0.2) is 89.2 Å². The average Bonchev–Trinajstić information content (AvgIpc) is 3.92. The number of benzene rings is 2. The molecular weight excluding hydrogens is 744 g/mol. The van der Waals surface area contributed by atoms with E-state index < -0.39 is 34.3 Å². The van der Waals surface area contributed by atoms with E-state index >= 15 is 0 Å². The van der Waals surface area contributed by atoms with E-state index in [4.69, 9.17) is 4.74 Å². The summed E-state index contributed by atoms with van der Waals surface area (Å²) in [6, 6.07) is 25.3. The van der Waals surface area contributed by atoms with Gasteiger partial charge in [0.1, 0.15) is 23.8 Å². The molecule has 55 heavy (non-hydrogen) atoms. The molecule has 5 aromatic rings. The Morgan fingerprint density at radius 1 is 0.891 bits per heavy atom.